The van der Waals surface area contributed by atoms with Crippen LogP contribution in [0.4, 0.5) is 0 Å². The molecule has 6 heteroatoms. The second kappa shape index (κ2) is 7.74. The van der Waals surface area contributed by atoms with E-state index in [0.717, 1.165) is 5.56 Å². The summed E-state index contributed by atoms with van der Waals surface area (Å²) in [7, 11) is 3.11. The molecular weight excluding hydrogens is 334 g/mol. The number of carbonyl (C=O) groups is 1. The summed E-state index contributed by atoms with van der Waals surface area (Å²) in [5.74, 6) is 1.52. The Labute approximate surface area is 151 Å². The molecule has 3 rings (SSSR count). The fraction of sp³-hybridized carbons (Fsp3) is 0.200. The first-order chi connectivity index (χ1) is 12.6. The van der Waals surface area contributed by atoms with Gasteiger partial charge in [-0.15, -0.1) is 0 Å². The Bertz CT molecular complexity index is 863. The summed E-state index contributed by atoms with van der Waals surface area (Å²) in [6.07, 6.45) is 1.65. The van der Waals surface area contributed by atoms with Gasteiger partial charge in [0.2, 0.25) is 5.90 Å². The van der Waals surface area contributed by atoms with Gasteiger partial charge in [-0.05, 0) is 31.2 Å². The Kier molecular flexibility index (Phi) is 5.22. The molecule has 0 atom stereocenters. The van der Waals surface area contributed by atoms with Gasteiger partial charge in [0, 0.05) is 17.2 Å². The quantitative estimate of drug-likeness (QED) is 0.588. The summed E-state index contributed by atoms with van der Waals surface area (Å²) in [5.41, 5.74) is 1.56. The molecule has 0 saturated heterocycles. The lowest BCUT2D eigenvalue weighted by Crippen LogP contribution is -2.06. The van der Waals surface area contributed by atoms with E-state index in [0.29, 0.717) is 29.4 Å². The molecule has 0 aromatic heterocycles. The molecule has 0 N–H and O–H groups in total. The average molecular weight is 353 g/mol. The molecule has 1 aliphatic heterocycles. The average Bonchev–Trinajstić information content (AvgIpc) is 3.03. The van der Waals surface area contributed by atoms with Gasteiger partial charge in [0.1, 0.15) is 17.2 Å². The molecule has 0 bridgehead atoms. The minimum absolute atomic E-state index is 0.201. The molecule has 0 unspecified atom stereocenters. The zero-order valence-electron chi connectivity index (χ0n) is 14.8. The smallest absolute Gasteiger partial charge is 0.363 e. The fourth-order valence-corrected chi connectivity index (χ4v) is 2.50. The van der Waals surface area contributed by atoms with E-state index in [1.165, 1.54) is 0 Å². The SMILES string of the molecule is CCOc1ccccc1C=C1N=C(c2cc(OC)cc(OC)c2)OC1=O. The highest BCUT2D eigenvalue weighted by atomic mass is 16.6. The van der Waals surface area contributed by atoms with Gasteiger partial charge in [-0.3, -0.25) is 0 Å². The van der Waals surface area contributed by atoms with Crippen molar-refractivity contribution in [2.45, 2.75) is 6.92 Å². The van der Waals surface area contributed by atoms with Crippen molar-refractivity contribution in [1.29, 1.82) is 0 Å². The number of ether oxygens (including phenoxy) is 4. The predicted octanol–water partition coefficient (Wildman–Crippen LogP) is 3.45. The molecule has 0 fully saturated rings. The first-order valence-corrected chi connectivity index (χ1v) is 8.12. The minimum Gasteiger partial charge on any atom is -0.497 e. The van der Waals surface area contributed by atoms with Crippen molar-refractivity contribution in [1.82, 2.24) is 0 Å². The van der Waals surface area contributed by atoms with Crippen molar-refractivity contribution in [2.75, 3.05) is 20.8 Å². The molecule has 0 saturated carbocycles. The molecule has 0 amide bonds. The summed E-state index contributed by atoms with van der Waals surface area (Å²) < 4.78 is 21.4. The van der Waals surface area contributed by atoms with Crippen LogP contribution in [0, 0.1) is 0 Å². The van der Waals surface area contributed by atoms with Crippen molar-refractivity contribution in [2.24, 2.45) is 4.99 Å². The molecule has 1 aliphatic rings. The summed E-state index contributed by atoms with van der Waals surface area (Å²) in [4.78, 5) is 16.6. The molecule has 0 aliphatic carbocycles. The van der Waals surface area contributed by atoms with Crippen LogP contribution in [0.15, 0.2) is 53.2 Å². The highest BCUT2D eigenvalue weighted by Crippen LogP contribution is 2.28. The van der Waals surface area contributed by atoms with Gasteiger partial charge in [-0.2, -0.15) is 0 Å². The highest BCUT2D eigenvalue weighted by Gasteiger charge is 2.25. The number of rotatable bonds is 6. The first kappa shape index (κ1) is 17.5. The van der Waals surface area contributed by atoms with Gasteiger partial charge in [0.05, 0.1) is 20.8 Å². The summed E-state index contributed by atoms with van der Waals surface area (Å²) in [5, 5.41) is 0. The zero-order valence-corrected chi connectivity index (χ0v) is 14.8. The van der Waals surface area contributed by atoms with Crippen molar-refractivity contribution in [3.63, 3.8) is 0 Å². The Balaban J connectivity index is 1.97. The lowest BCUT2D eigenvalue weighted by Gasteiger charge is -2.07. The number of aliphatic imine (C=N–C) groups is 1. The third kappa shape index (κ3) is 3.69. The number of carbonyl (C=O) groups excluding carboxylic acids is 1. The normalized spacial score (nSPS) is 14.8. The molecule has 2 aromatic carbocycles. The molecule has 1 heterocycles. The number of hydrogen-bond acceptors (Lipinski definition) is 6. The molecule has 134 valence electrons. The number of esters is 1. The van der Waals surface area contributed by atoms with Crippen molar-refractivity contribution < 1.29 is 23.7 Å². The number of cyclic esters (lactones) is 1. The van der Waals surface area contributed by atoms with Crippen molar-refractivity contribution in [3.8, 4) is 17.2 Å². The second-order valence-electron chi connectivity index (χ2n) is 5.41. The van der Waals surface area contributed by atoms with E-state index in [-0.39, 0.29) is 11.6 Å². The minimum atomic E-state index is -0.520. The van der Waals surface area contributed by atoms with Gasteiger partial charge in [0.15, 0.2) is 5.70 Å². The Morgan fingerprint density at radius 3 is 2.42 bits per heavy atom. The molecule has 0 radical (unpaired) electrons. The number of para-hydroxylation sites is 1. The van der Waals surface area contributed by atoms with Gasteiger partial charge in [-0.25, -0.2) is 9.79 Å². The Morgan fingerprint density at radius 2 is 1.77 bits per heavy atom. The van der Waals surface area contributed by atoms with Crippen LogP contribution in [-0.4, -0.2) is 32.7 Å². The van der Waals surface area contributed by atoms with Gasteiger partial charge >= 0.3 is 5.97 Å². The molecule has 2 aromatic rings. The van der Waals surface area contributed by atoms with Crippen LogP contribution in [0.3, 0.4) is 0 Å². The largest absolute Gasteiger partial charge is 0.497 e. The van der Waals surface area contributed by atoms with Crippen LogP contribution in [-0.2, 0) is 9.53 Å². The Hall–Kier alpha value is -3.28. The van der Waals surface area contributed by atoms with Gasteiger partial charge in [-0.1, -0.05) is 18.2 Å². The topological polar surface area (TPSA) is 66.3 Å². The monoisotopic (exact) mass is 353 g/mol. The van der Waals surface area contributed by atoms with E-state index in [9.17, 15) is 4.79 Å². The summed E-state index contributed by atoms with van der Waals surface area (Å²) in [6, 6.07) is 12.6. The predicted molar refractivity (Wildman–Crippen MR) is 97.8 cm³/mol. The summed E-state index contributed by atoms with van der Waals surface area (Å²) in [6.45, 7) is 2.43. The summed E-state index contributed by atoms with van der Waals surface area (Å²) >= 11 is 0. The van der Waals surface area contributed by atoms with Crippen LogP contribution in [0.25, 0.3) is 6.08 Å². The number of methoxy groups -OCH3 is 2. The van der Waals surface area contributed by atoms with E-state index < -0.39 is 5.97 Å². The van der Waals surface area contributed by atoms with Crippen LogP contribution < -0.4 is 14.2 Å². The maximum absolute atomic E-state index is 12.2. The fourth-order valence-electron chi connectivity index (χ4n) is 2.50. The lowest BCUT2D eigenvalue weighted by molar-refractivity contribution is -0.129. The third-order valence-electron chi connectivity index (χ3n) is 3.73. The maximum atomic E-state index is 12.2. The van der Waals surface area contributed by atoms with Crippen LogP contribution in [0.1, 0.15) is 18.1 Å². The van der Waals surface area contributed by atoms with Gasteiger partial charge < -0.3 is 18.9 Å². The van der Waals surface area contributed by atoms with Crippen LogP contribution in [0.5, 0.6) is 17.2 Å². The Morgan fingerprint density at radius 1 is 1.08 bits per heavy atom. The van der Waals surface area contributed by atoms with E-state index in [1.807, 2.05) is 31.2 Å². The standard InChI is InChI=1S/C20H19NO5/c1-4-25-18-8-6-5-7-13(18)11-17-20(22)26-19(21-17)14-9-15(23-2)12-16(10-14)24-3/h5-12H,4H2,1-3H3. The van der Waals surface area contributed by atoms with Crippen LogP contribution >= 0.6 is 0 Å². The molecule has 26 heavy (non-hydrogen) atoms. The van der Waals surface area contributed by atoms with E-state index >= 15 is 0 Å². The van der Waals surface area contributed by atoms with Crippen molar-refractivity contribution in [3.05, 3.63) is 59.3 Å². The molecule has 0 spiro atoms. The van der Waals surface area contributed by atoms with E-state index in [4.69, 9.17) is 18.9 Å². The zero-order chi connectivity index (χ0) is 18.5. The van der Waals surface area contributed by atoms with Crippen LogP contribution in [0.2, 0.25) is 0 Å². The van der Waals surface area contributed by atoms with E-state index in [2.05, 4.69) is 4.99 Å². The van der Waals surface area contributed by atoms with Gasteiger partial charge in [0.25, 0.3) is 0 Å². The third-order valence-corrected chi connectivity index (χ3v) is 3.73. The second-order valence-corrected chi connectivity index (χ2v) is 5.41. The lowest BCUT2D eigenvalue weighted by atomic mass is 10.1. The van der Waals surface area contributed by atoms with Crippen molar-refractivity contribution >= 4 is 17.9 Å². The number of benzene rings is 2. The highest BCUT2D eigenvalue weighted by molar-refractivity contribution is 6.13. The first-order valence-electron chi connectivity index (χ1n) is 8.12. The molecule has 6 nitrogen and oxygen atoms in total. The number of hydrogen-bond donors (Lipinski definition) is 0. The van der Waals surface area contributed by atoms with E-state index in [1.54, 1.807) is 38.5 Å². The number of nitrogens with zero attached hydrogens (tertiary/aromatic N) is 1. The molecular formula is C20H19NO5. The maximum Gasteiger partial charge on any atom is 0.363 e.